The summed E-state index contributed by atoms with van der Waals surface area (Å²) in [6.45, 7) is 13.9. The van der Waals surface area contributed by atoms with Crippen LogP contribution in [-0.2, 0) is 14.1 Å². The van der Waals surface area contributed by atoms with E-state index in [4.69, 9.17) is 9.31 Å². The van der Waals surface area contributed by atoms with E-state index in [0.717, 1.165) is 32.3 Å². The summed E-state index contributed by atoms with van der Waals surface area (Å²) in [5.41, 5.74) is -0.643. The molecule has 2 aliphatic heterocycles. The summed E-state index contributed by atoms with van der Waals surface area (Å²) in [5.74, 6) is 0.501. The van der Waals surface area contributed by atoms with Gasteiger partial charge in [0, 0.05) is 20.0 Å². The first kappa shape index (κ1) is 17.8. The largest absolute Gasteiger partial charge is 0.457 e. The summed E-state index contributed by atoms with van der Waals surface area (Å²) in [6.07, 6.45) is 3.01. The number of nitrogens with one attached hydrogen (secondary N) is 2. The molecule has 2 heterocycles. The smallest absolute Gasteiger partial charge is 0.403 e. The van der Waals surface area contributed by atoms with Crippen molar-refractivity contribution in [3.05, 3.63) is 0 Å². The molecule has 1 amide bonds. The Kier molecular flexibility index (Phi) is 4.95. The molecule has 0 aromatic carbocycles. The summed E-state index contributed by atoms with van der Waals surface area (Å²) in [7, 11) is -0.119. The average Bonchev–Trinajstić information content (AvgIpc) is 2.77. The third-order valence-corrected chi connectivity index (χ3v) is 5.54. The molecule has 22 heavy (non-hydrogen) atoms. The number of carbonyl (C=O) groups is 1. The minimum Gasteiger partial charge on any atom is -0.403 e. The predicted octanol–water partition coefficient (Wildman–Crippen LogP) is 1.97. The molecule has 0 aromatic rings. The van der Waals surface area contributed by atoms with Crippen molar-refractivity contribution in [2.24, 2.45) is 5.92 Å². The number of carbonyl (C=O) groups excluding carboxylic acids is 1. The van der Waals surface area contributed by atoms with Crippen LogP contribution >= 0.6 is 0 Å². The van der Waals surface area contributed by atoms with Crippen LogP contribution in [0.3, 0.4) is 0 Å². The zero-order valence-corrected chi connectivity index (χ0v) is 14.9. The molecule has 0 bridgehead atoms. The van der Waals surface area contributed by atoms with E-state index in [9.17, 15) is 4.79 Å². The molecule has 2 saturated heterocycles. The van der Waals surface area contributed by atoms with Crippen LogP contribution in [0.5, 0.6) is 0 Å². The van der Waals surface area contributed by atoms with Crippen LogP contribution < -0.4 is 10.6 Å². The molecule has 0 radical (unpaired) electrons. The lowest BCUT2D eigenvalue weighted by molar-refractivity contribution is -0.121. The van der Waals surface area contributed by atoms with Crippen molar-refractivity contribution in [2.45, 2.75) is 77.4 Å². The fraction of sp³-hybridized carbons (Fsp3) is 0.938. The van der Waals surface area contributed by atoms with Crippen molar-refractivity contribution >= 4 is 13.0 Å². The number of hydrogen-bond acceptors (Lipinski definition) is 4. The molecular formula is C16H31BN2O3. The van der Waals surface area contributed by atoms with Crippen LogP contribution in [0.4, 0.5) is 0 Å². The van der Waals surface area contributed by atoms with E-state index in [0.29, 0.717) is 5.92 Å². The maximum atomic E-state index is 11.4. The highest BCUT2D eigenvalue weighted by atomic mass is 16.7. The van der Waals surface area contributed by atoms with Crippen LogP contribution in [0.15, 0.2) is 0 Å². The van der Waals surface area contributed by atoms with Gasteiger partial charge in [-0.2, -0.15) is 0 Å². The summed E-state index contributed by atoms with van der Waals surface area (Å²) >= 11 is 0. The van der Waals surface area contributed by atoms with Crippen LogP contribution in [0.1, 0.15) is 54.4 Å². The normalized spacial score (nSPS) is 33.2. The first-order valence-corrected chi connectivity index (χ1v) is 8.41. The van der Waals surface area contributed by atoms with Gasteiger partial charge in [0.2, 0.25) is 5.91 Å². The van der Waals surface area contributed by atoms with Crippen molar-refractivity contribution in [3.63, 3.8) is 0 Å². The lowest BCUT2D eigenvalue weighted by atomic mass is 9.78. The maximum absolute atomic E-state index is 11.4. The predicted molar refractivity (Wildman–Crippen MR) is 88.7 cm³/mol. The lowest BCUT2D eigenvalue weighted by Crippen LogP contribution is -2.51. The van der Waals surface area contributed by atoms with Gasteiger partial charge < -0.3 is 19.9 Å². The van der Waals surface area contributed by atoms with Crippen LogP contribution in [0.25, 0.3) is 0 Å². The highest BCUT2D eigenvalue weighted by Crippen LogP contribution is 2.38. The lowest BCUT2D eigenvalue weighted by Gasteiger charge is -2.32. The zero-order chi connectivity index (χ0) is 16.6. The van der Waals surface area contributed by atoms with Crippen LogP contribution in [0.2, 0.25) is 6.32 Å². The Morgan fingerprint density at radius 2 is 1.82 bits per heavy atom. The highest BCUT2D eigenvalue weighted by Gasteiger charge is 2.50. The monoisotopic (exact) mass is 310 g/mol. The average molecular weight is 310 g/mol. The second-order valence-electron chi connectivity index (χ2n) is 8.04. The molecule has 6 heteroatoms. The van der Waals surface area contributed by atoms with Crippen LogP contribution in [0, 0.1) is 5.92 Å². The van der Waals surface area contributed by atoms with Crippen molar-refractivity contribution in [2.75, 3.05) is 13.1 Å². The highest BCUT2D eigenvalue weighted by molar-refractivity contribution is 6.45. The van der Waals surface area contributed by atoms with Gasteiger partial charge in [-0.15, -0.1) is 0 Å². The van der Waals surface area contributed by atoms with Crippen molar-refractivity contribution in [1.82, 2.24) is 10.6 Å². The Morgan fingerprint density at radius 1 is 1.23 bits per heavy atom. The van der Waals surface area contributed by atoms with Crippen molar-refractivity contribution in [1.29, 1.82) is 0 Å². The van der Waals surface area contributed by atoms with E-state index in [1.54, 1.807) is 6.92 Å². The van der Waals surface area contributed by atoms with Crippen molar-refractivity contribution in [3.8, 4) is 0 Å². The van der Waals surface area contributed by atoms with Gasteiger partial charge in [0.05, 0.1) is 16.7 Å². The summed E-state index contributed by atoms with van der Waals surface area (Å²) < 4.78 is 12.1. The second-order valence-corrected chi connectivity index (χ2v) is 8.04. The molecule has 5 nitrogen and oxygen atoms in total. The fourth-order valence-corrected chi connectivity index (χ4v) is 3.46. The third kappa shape index (κ3) is 3.66. The molecule has 126 valence electrons. The molecule has 0 unspecified atom stereocenters. The van der Waals surface area contributed by atoms with Crippen molar-refractivity contribution < 1.29 is 14.1 Å². The molecular weight excluding hydrogens is 279 g/mol. The Bertz CT molecular complexity index is 412. The molecule has 0 spiro atoms. The topological polar surface area (TPSA) is 59.6 Å². The fourth-order valence-electron chi connectivity index (χ4n) is 3.46. The SMILES string of the molecule is CC(=O)N[C@@]1(C)CNC[C@@H]1CCCB1OC(C)(C)C(C)(C)O1. The minimum atomic E-state index is -0.253. The van der Waals surface area contributed by atoms with E-state index < -0.39 is 0 Å². The van der Waals surface area contributed by atoms with Gasteiger partial charge in [0.25, 0.3) is 0 Å². The van der Waals surface area contributed by atoms with E-state index in [2.05, 4.69) is 45.3 Å². The number of rotatable bonds is 5. The van der Waals surface area contributed by atoms with Gasteiger partial charge in [-0.05, 0) is 53.3 Å². The van der Waals surface area contributed by atoms with Gasteiger partial charge in [-0.1, -0.05) is 6.42 Å². The zero-order valence-electron chi connectivity index (χ0n) is 14.9. The van der Waals surface area contributed by atoms with Gasteiger partial charge in [-0.3, -0.25) is 4.79 Å². The van der Waals surface area contributed by atoms with Crippen LogP contribution in [-0.4, -0.2) is 42.9 Å². The number of hydrogen-bond donors (Lipinski definition) is 2. The van der Waals surface area contributed by atoms with Gasteiger partial charge in [0.1, 0.15) is 0 Å². The molecule has 0 aromatic heterocycles. The molecule has 2 N–H and O–H groups in total. The van der Waals surface area contributed by atoms with E-state index in [-0.39, 0.29) is 29.8 Å². The molecule has 2 atom stereocenters. The first-order chi connectivity index (χ1) is 10.1. The van der Waals surface area contributed by atoms with Gasteiger partial charge in [-0.25, -0.2) is 0 Å². The molecule has 0 saturated carbocycles. The summed E-state index contributed by atoms with van der Waals surface area (Å²) in [5, 5.41) is 6.50. The first-order valence-electron chi connectivity index (χ1n) is 8.41. The maximum Gasteiger partial charge on any atom is 0.457 e. The minimum absolute atomic E-state index is 0.0437. The summed E-state index contributed by atoms with van der Waals surface area (Å²) in [4.78, 5) is 11.4. The second kappa shape index (κ2) is 6.14. The van der Waals surface area contributed by atoms with E-state index in [1.165, 1.54) is 0 Å². The van der Waals surface area contributed by atoms with Gasteiger partial charge in [0.15, 0.2) is 0 Å². The molecule has 2 fully saturated rings. The molecule has 0 aliphatic carbocycles. The van der Waals surface area contributed by atoms with E-state index in [1.807, 2.05) is 0 Å². The Labute approximate surface area is 135 Å². The molecule has 2 rings (SSSR count). The summed E-state index contributed by atoms with van der Waals surface area (Å²) in [6, 6.07) is 0. The Morgan fingerprint density at radius 3 is 2.36 bits per heavy atom. The Balaban J connectivity index is 1.81. The van der Waals surface area contributed by atoms with E-state index >= 15 is 0 Å². The standard InChI is InChI=1S/C16H31BN2O3/c1-12(20)19-16(6)11-18-10-13(16)8-7-9-17-21-14(2,3)15(4,5)22-17/h13,18H,7-11H2,1-6H3,(H,19,20)/t13-,16-/m0/s1. The number of amides is 1. The Hall–Kier alpha value is -0.585. The quantitative estimate of drug-likeness (QED) is 0.762. The van der Waals surface area contributed by atoms with Gasteiger partial charge >= 0.3 is 7.12 Å². The third-order valence-electron chi connectivity index (χ3n) is 5.54. The molecule has 2 aliphatic rings.